The van der Waals surface area contributed by atoms with E-state index >= 15 is 0 Å². The van der Waals surface area contributed by atoms with Crippen molar-refractivity contribution in [2.75, 3.05) is 6.61 Å². The summed E-state index contributed by atoms with van der Waals surface area (Å²) in [5.74, 6) is -1.33. The number of carboxylic acid groups (broad SMARTS) is 1. The lowest BCUT2D eigenvalue weighted by Crippen LogP contribution is -2.50. The largest absolute Gasteiger partial charge is 0.481 e. The van der Waals surface area contributed by atoms with Crippen molar-refractivity contribution >= 4 is 18.0 Å². The molecule has 0 saturated heterocycles. The molecule has 2 aromatic carbocycles. The van der Waals surface area contributed by atoms with Gasteiger partial charge in [-0.1, -0.05) is 62.4 Å². The first-order chi connectivity index (χ1) is 15.3. The third-order valence-corrected chi connectivity index (χ3v) is 5.53. The molecule has 0 aromatic heterocycles. The molecule has 2 amide bonds. The number of ether oxygens (including phenoxy) is 1. The molecule has 1 aliphatic carbocycles. The number of rotatable bonds is 9. The molecule has 0 saturated carbocycles. The minimum Gasteiger partial charge on any atom is -0.481 e. The molecule has 7 nitrogen and oxygen atoms in total. The Morgan fingerprint density at radius 1 is 0.938 bits per heavy atom. The van der Waals surface area contributed by atoms with Crippen molar-refractivity contribution in [2.45, 2.75) is 51.6 Å². The van der Waals surface area contributed by atoms with E-state index in [2.05, 4.69) is 22.8 Å². The van der Waals surface area contributed by atoms with Gasteiger partial charge in [0.05, 0.1) is 6.42 Å². The van der Waals surface area contributed by atoms with Crippen LogP contribution in [0.2, 0.25) is 0 Å². The quantitative estimate of drug-likeness (QED) is 0.550. The molecule has 1 aliphatic rings. The molecule has 3 N–H and O–H groups in total. The van der Waals surface area contributed by atoms with E-state index in [9.17, 15) is 14.4 Å². The Morgan fingerprint density at radius 3 is 2.03 bits per heavy atom. The van der Waals surface area contributed by atoms with Gasteiger partial charge in [-0.3, -0.25) is 9.59 Å². The maximum absolute atomic E-state index is 12.6. The smallest absolute Gasteiger partial charge is 0.407 e. The van der Waals surface area contributed by atoms with Crippen molar-refractivity contribution in [2.24, 2.45) is 5.92 Å². The number of alkyl carbamates (subject to hydrolysis) is 1. The van der Waals surface area contributed by atoms with Crippen molar-refractivity contribution in [3.05, 3.63) is 59.7 Å². The average Bonchev–Trinajstić information content (AvgIpc) is 3.04. The Hall–Kier alpha value is -3.35. The van der Waals surface area contributed by atoms with Crippen LogP contribution in [0.1, 0.15) is 50.7 Å². The van der Waals surface area contributed by atoms with Gasteiger partial charge in [0, 0.05) is 12.0 Å². The third-order valence-electron chi connectivity index (χ3n) is 5.53. The lowest BCUT2D eigenvalue weighted by Gasteiger charge is -2.22. The SMILES string of the molecule is CC(C)CC(NC(=O)OCC1c2ccccc2-c2ccccc21)C(=O)N[C@@H](C)CC(=O)O. The van der Waals surface area contributed by atoms with Gasteiger partial charge in [-0.2, -0.15) is 0 Å². The van der Waals surface area contributed by atoms with E-state index in [0.717, 1.165) is 22.3 Å². The van der Waals surface area contributed by atoms with E-state index in [1.807, 2.05) is 50.2 Å². The maximum atomic E-state index is 12.6. The van der Waals surface area contributed by atoms with E-state index in [1.54, 1.807) is 6.92 Å². The van der Waals surface area contributed by atoms with Crippen molar-refractivity contribution in [1.82, 2.24) is 10.6 Å². The van der Waals surface area contributed by atoms with Gasteiger partial charge in [-0.15, -0.1) is 0 Å². The summed E-state index contributed by atoms with van der Waals surface area (Å²) in [5, 5.41) is 14.2. The van der Waals surface area contributed by atoms with Crippen LogP contribution in [0.5, 0.6) is 0 Å². The summed E-state index contributed by atoms with van der Waals surface area (Å²) in [7, 11) is 0. The standard InChI is InChI=1S/C25H30N2O5/c1-15(2)12-22(24(30)26-16(3)13-23(28)29)27-25(31)32-14-21-19-10-6-4-8-17(19)18-9-5-7-11-20(18)21/h4-11,15-16,21-22H,12-14H2,1-3H3,(H,26,30)(H,27,31)(H,28,29)/t16-,22?/m0/s1. The van der Waals surface area contributed by atoms with Crippen molar-refractivity contribution in [3.8, 4) is 11.1 Å². The molecule has 0 spiro atoms. The number of carbonyl (C=O) groups excluding carboxylic acids is 2. The number of hydrogen-bond donors (Lipinski definition) is 3. The lowest BCUT2D eigenvalue weighted by molar-refractivity contribution is -0.137. The van der Waals surface area contributed by atoms with Crippen LogP contribution in [-0.2, 0) is 14.3 Å². The van der Waals surface area contributed by atoms with Gasteiger partial charge in [0.15, 0.2) is 0 Å². The lowest BCUT2D eigenvalue weighted by atomic mass is 9.98. The zero-order valence-electron chi connectivity index (χ0n) is 18.6. The number of carbonyl (C=O) groups is 3. The Balaban J connectivity index is 1.64. The Kier molecular flexibility index (Phi) is 7.51. The van der Waals surface area contributed by atoms with Gasteiger partial charge in [0.2, 0.25) is 5.91 Å². The van der Waals surface area contributed by atoms with Gasteiger partial charge < -0.3 is 20.5 Å². The fourth-order valence-corrected chi connectivity index (χ4v) is 4.14. The van der Waals surface area contributed by atoms with E-state index in [4.69, 9.17) is 9.84 Å². The van der Waals surface area contributed by atoms with Crippen molar-refractivity contribution < 1.29 is 24.2 Å². The van der Waals surface area contributed by atoms with Crippen molar-refractivity contribution in [3.63, 3.8) is 0 Å². The zero-order valence-corrected chi connectivity index (χ0v) is 18.6. The first kappa shape index (κ1) is 23.3. The monoisotopic (exact) mass is 438 g/mol. The minimum atomic E-state index is -0.997. The molecule has 0 heterocycles. The summed E-state index contributed by atoms with van der Waals surface area (Å²) in [6.45, 7) is 5.66. The summed E-state index contributed by atoms with van der Waals surface area (Å²) in [5.41, 5.74) is 4.50. The van der Waals surface area contributed by atoms with Crippen LogP contribution < -0.4 is 10.6 Å². The Morgan fingerprint density at radius 2 is 1.50 bits per heavy atom. The van der Waals surface area contributed by atoms with Gasteiger partial charge in [0.25, 0.3) is 0 Å². The van der Waals surface area contributed by atoms with Gasteiger partial charge in [-0.05, 0) is 41.5 Å². The molecular weight excluding hydrogens is 408 g/mol. The molecule has 32 heavy (non-hydrogen) atoms. The second-order valence-electron chi connectivity index (χ2n) is 8.66. The molecule has 170 valence electrons. The third kappa shape index (κ3) is 5.66. The Bertz CT molecular complexity index is 942. The highest BCUT2D eigenvalue weighted by Gasteiger charge is 2.30. The number of fused-ring (bicyclic) bond motifs is 3. The summed E-state index contributed by atoms with van der Waals surface area (Å²) >= 11 is 0. The van der Waals surface area contributed by atoms with Crippen LogP contribution in [-0.4, -0.2) is 41.8 Å². The predicted octanol–water partition coefficient (Wildman–Crippen LogP) is 3.92. The van der Waals surface area contributed by atoms with E-state index in [-0.39, 0.29) is 24.9 Å². The molecule has 3 rings (SSSR count). The fraction of sp³-hybridized carbons (Fsp3) is 0.400. The zero-order chi connectivity index (χ0) is 23.3. The number of carboxylic acids is 1. The molecule has 2 aromatic rings. The molecule has 0 fully saturated rings. The van der Waals surface area contributed by atoms with Crippen LogP contribution in [0.4, 0.5) is 4.79 Å². The molecule has 1 unspecified atom stereocenters. The van der Waals surface area contributed by atoms with Crippen LogP contribution in [0, 0.1) is 5.92 Å². The summed E-state index contributed by atoms with van der Waals surface area (Å²) in [6.07, 6.45) is -0.445. The van der Waals surface area contributed by atoms with Crippen LogP contribution in [0.15, 0.2) is 48.5 Å². The molecule has 2 atom stereocenters. The second-order valence-corrected chi connectivity index (χ2v) is 8.66. The van der Waals surface area contributed by atoms with Crippen LogP contribution >= 0.6 is 0 Å². The predicted molar refractivity (Wildman–Crippen MR) is 121 cm³/mol. The summed E-state index contributed by atoms with van der Waals surface area (Å²) < 4.78 is 5.55. The molecule has 0 radical (unpaired) electrons. The summed E-state index contributed by atoms with van der Waals surface area (Å²) in [4.78, 5) is 36.1. The van der Waals surface area contributed by atoms with E-state index in [1.165, 1.54) is 0 Å². The average molecular weight is 439 g/mol. The topological polar surface area (TPSA) is 105 Å². The molecular formula is C25H30N2O5. The maximum Gasteiger partial charge on any atom is 0.407 e. The fourth-order valence-electron chi connectivity index (χ4n) is 4.14. The number of aliphatic carboxylic acids is 1. The number of hydrogen-bond acceptors (Lipinski definition) is 4. The van der Waals surface area contributed by atoms with Gasteiger partial charge in [-0.25, -0.2) is 4.79 Å². The van der Waals surface area contributed by atoms with Crippen molar-refractivity contribution in [1.29, 1.82) is 0 Å². The van der Waals surface area contributed by atoms with Gasteiger partial charge >= 0.3 is 12.1 Å². The highest BCUT2D eigenvalue weighted by atomic mass is 16.5. The Labute approximate surface area is 188 Å². The molecule has 7 heteroatoms. The first-order valence-corrected chi connectivity index (χ1v) is 10.9. The van der Waals surface area contributed by atoms with Gasteiger partial charge in [0.1, 0.15) is 12.6 Å². The number of benzene rings is 2. The van der Waals surface area contributed by atoms with Crippen LogP contribution in [0.3, 0.4) is 0 Å². The molecule has 0 bridgehead atoms. The first-order valence-electron chi connectivity index (χ1n) is 10.9. The van der Waals surface area contributed by atoms with Crippen LogP contribution in [0.25, 0.3) is 11.1 Å². The summed E-state index contributed by atoms with van der Waals surface area (Å²) in [6, 6.07) is 14.8. The normalized spacial score (nSPS) is 14.2. The molecule has 0 aliphatic heterocycles. The highest BCUT2D eigenvalue weighted by molar-refractivity contribution is 5.86. The highest BCUT2D eigenvalue weighted by Crippen LogP contribution is 2.44. The van der Waals surface area contributed by atoms with E-state index < -0.39 is 30.1 Å². The second kappa shape index (κ2) is 10.3. The number of nitrogens with one attached hydrogen (secondary N) is 2. The van der Waals surface area contributed by atoms with E-state index in [0.29, 0.717) is 6.42 Å². The minimum absolute atomic E-state index is 0.0684. The number of amides is 2.